The van der Waals surface area contributed by atoms with Crippen LogP contribution in [0.1, 0.15) is 38.8 Å². The average Bonchev–Trinajstić information content (AvgIpc) is 2.60. The highest BCUT2D eigenvalue weighted by Crippen LogP contribution is 2.36. The van der Waals surface area contributed by atoms with Crippen molar-refractivity contribution in [1.82, 2.24) is 0 Å². The first-order valence-electron chi connectivity index (χ1n) is 6.87. The number of rotatable bonds is 3. The second-order valence-corrected chi connectivity index (χ2v) is 6.78. The van der Waals surface area contributed by atoms with Crippen LogP contribution in [0.5, 0.6) is 0 Å². The maximum Gasteiger partial charge on any atom is 0.494 e. The average molecular weight is 305 g/mol. The summed E-state index contributed by atoms with van der Waals surface area (Å²) in [5, 5.41) is 3.63. The smallest absolute Gasteiger partial charge is 0.399 e. The van der Waals surface area contributed by atoms with Crippen LogP contribution < -0.4 is 5.46 Å². The summed E-state index contributed by atoms with van der Waals surface area (Å²) >= 11 is 4.49. The van der Waals surface area contributed by atoms with Crippen molar-refractivity contribution >= 4 is 25.2 Å². The molecule has 1 aromatic carbocycles. The van der Waals surface area contributed by atoms with E-state index in [9.17, 15) is 0 Å². The molecule has 0 spiro atoms. The monoisotopic (exact) mass is 305 g/mol. The van der Waals surface area contributed by atoms with E-state index >= 15 is 0 Å². The minimum Gasteiger partial charge on any atom is -0.399 e. The molecule has 0 atom stereocenters. The highest BCUT2D eigenvalue weighted by molar-refractivity contribution is 7.80. The fourth-order valence-corrected chi connectivity index (χ4v) is 2.46. The number of nitrogens with zero attached hydrogens (tertiary/aromatic N) is 3. The SMILES string of the molecule is Cc1c(S)cc(B2OC(C)(C)C(C)(C)O2)cc1CN=[N+]=[N-]. The molecule has 0 amide bonds. The highest BCUT2D eigenvalue weighted by Gasteiger charge is 2.51. The lowest BCUT2D eigenvalue weighted by Crippen LogP contribution is -2.41. The van der Waals surface area contributed by atoms with Crippen molar-refractivity contribution in [2.75, 3.05) is 0 Å². The molecule has 5 nitrogen and oxygen atoms in total. The Morgan fingerprint density at radius 2 is 1.81 bits per heavy atom. The molecular weight excluding hydrogens is 285 g/mol. The summed E-state index contributed by atoms with van der Waals surface area (Å²) in [5.74, 6) is 0. The molecule has 1 saturated heterocycles. The molecule has 0 saturated carbocycles. The third-order valence-corrected chi connectivity index (χ3v) is 4.80. The van der Waals surface area contributed by atoms with E-state index in [1.165, 1.54) is 0 Å². The summed E-state index contributed by atoms with van der Waals surface area (Å²) in [6, 6.07) is 3.91. The van der Waals surface area contributed by atoms with Gasteiger partial charge in [-0.15, -0.1) is 12.6 Å². The fraction of sp³-hybridized carbons (Fsp3) is 0.571. The summed E-state index contributed by atoms with van der Waals surface area (Å²) in [5.41, 5.74) is 10.6. The minimum absolute atomic E-state index is 0.295. The van der Waals surface area contributed by atoms with Crippen molar-refractivity contribution in [3.8, 4) is 0 Å². The fourth-order valence-electron chi connectivity index (χ4n) is 2.17. The van der Waals surface area contributed by atoms with Crippen LogP contribution in [0.2, 0.25) is 0 Å². The van der Waals surface area contributed by atoms with Gasteiger partial charge in [0, 0.05) is 9.81 Å². The Bertz CT molecular complexity index is 596. The molecule has 1 aliphatic heterocycles. The molecule has 1 aromatic rings. The summed E-state index contributed by atoms with van der Waals surface area (Å²) in [6.45, 7) is 10.3. The second-order valence-electron chi connectivity index (χ2n) is 6.30. The molecule has 0 unspecified atom stereocenters. The van der Waals surface area contributed by atoms with Crippen LogP contribution in [-0.4, -0.2) is 18.3 Å². The quantitative estimate of drug-likeness (QED) is 0.306. The zero-order chi connectivity index (χ0) is 15.8. The van der Waals surface area contributed by atoms with E-state index in [0.29, 0.717) is 6.54 Å². The van der Waals surface area contributed by atoms with Crippen LogP contribution in [0.25, 0.3) is 10.4 Å². The van der Waals surface area contributed by atoms with Gasteiger partial charge in [0.25, 0.3) is 0 Å². The lowest BCUT2D eigenvalue weighted by atomic mass is 9.77. The van der Waals surface area contributed by atoms with Crippen LogP contribution in [-0.2, 0) is 15.9 Å². The minimum atomic E-state index is -0.439. The van der Waals surface area contributed by atoms with E-state index < -0.39 is 7.12 Å². The molecule has 0 aromatic heterocycles. The number of benzene rings is 1. The van der Waals surface area contributed by atoms with Crippen LogP contribution in [0.4, 0.5) is 0 Å². The van der Waals surface area contributed by atoms with Gasteiger partial charge in [0.05, 0.1) is 17.7 Å². The van der Waals surface area contributed by atoms with E-state index in [1.54, 1.807) is 0 Å². The zero-order valence-corrected chi connectivity index (χ0v) is 13.9. The molecule has 1 fully saturated rings. The Kier molecular flexibility index (Phi) is 4.31. The van der Waals surface area contributed by atoms with Gasteiger partial charge in [-0.3, -0.25) is 0 Å². The summed E-state index contributed by atoms with van der Waals surface area (Å²) in [4.78, 5) is 3.65. The maximum absolute atomic E-state index is 8.50. The maximum atomic E-state index is 8.50. The predicted octanol–water partition coefficient (Wildman–Crippen LogP) is 3.39. The molecule has 1 heterocycles. The normalized spacial score (nSPS) is 19.4. The summed E-state index contributed by atoms with van der Waals surface area (Å²) in [6.07, 6.45) is 0. The molecule has 0 N–H and O–H groups in total. The first kappa shape index (κ1) is 16.2. The van der Waals surface area contributed by atoms with Crippen molar-refractivity contribution in [1.29, 1.82) is 0 Å². The van der Waals surface area contributed by atoms with E-state index in [0.717, 1.165) is 21.5 Å². The molecule has 0 radical (unpaired) electrons. The van der Waals surface area contributed by atoms with Crippen molar-refractivity contribution in [2.45, 2.75) is 57.3 Å². The first-order chi connectivity index (χ1) is 9.68. The van der Waals surface area contributed by atoms with Gasteiger partial charge in [0.1, 0.15) is 0 Å². The largest absolute Gasteiger partial charge is 0.494 e. The lowest BCUT2D eigenvalue weighted by molar-refractivity contribution is 0.00578. The molecule has 21 heavy (non-hydrogen) atoms. The van der Waals surface area contributed by atoms with Crippen molar-refractivity contribution in [3.05, 3.63) is 33.7 Å². The van der Waals surface area contributed by atoms with Gasteiger partial charge < -0.3 is 9.31 Å². The number of hydrogen-bond acceptors (Lipinski definition) is 4. The van der Waals surface area contributed by atoms with Gasteiger partial charge in [-0.2, -0.15) is 0 Å². The van der Waals surface area contributed by atoms with E-state index in [4.69, 9.17) is 14.8 Å². The van der Waals surface area contributed by atoms with Gasteiger partial charge in [-0.05, 0) is 62.8 Å². The highest BCUT2D eigenvalue weighted by atomic mass is 32.1. The Morgan fingerprint density at radius 3 is 2.33 bits per heavy atom. The van der Waals surface area contributed by atoms with Crippen LogP contribution in [0.3, 0.4) is 0 Å². The summed E-state index contributed by atoms with van der Waals surface area (Å²) in [7, 11) is -0.439. The lowest BCUT2D eigenvalue weighted by Gasteiger charge is -2.32. The van der Waals surface area contributed by atoms with E-state index in [1.807, 2.05) is 46.8 Å². The Balaban J connectivity index is 2.38. The first-order valence-corrected chi connectivity index (χ1v) is 7.31. The van der Waals surface area contributed by atoms with Crippen molar-refractivity contribution < 1.29 is 9.31 Å². The third-order valence-electron chi connectivity index (χ3n) is 4.34. The molecule has 112 valence electrons. The molecule has 0 bridgehead atoms. The molecule has 0 aliphatic carbocycles. The van der Waals surface area contributed by atoms with Gasteiger partial charge in [-0.1, -0.05) is 11.2 Å². The predicted molar refractivity (Wildman–Crippen MR) is 87.0 cm³/mol. The van der Waals surface area contributed by atoms with Crippen molar-refractivity contribution in [2.24, 2.45) is 5.11 Å². The zero-order valence-electron chi connectivity index (χ0n) is 13.0. The summed E-state index contributed by atoms with van der Waals surface area (Å²) < 4.78 is 12.1. The third kappa shape index (κ3) is 3.06. The molecule has 2 rings (SSSR count). The van der Waals surface area contributed by atoms with Gasteiger partial charge >= 0.3 is 7.12 Å². The van der Waals surface area contributed by atoms with Crippen LogP contribution in [0.15, 0.2) is 22.1 Å². The van der Waals surface area contributed by atoms with E-state index in [-0.39, 0.29) is 11.2 Å². The number of azide groups is 1. The Labute approximate surface area is 131 Å². The Hall–Kier alpha value is -1.14. The number of thiol groups is 1. The van der Waals surface area contributed by atoms with Gasteiger partial charge in [0.2, 0.25) is 0 Å². The van der Waals surface area contributed by atoms with Crippen LogP contribution >= 0.6 is 12.6 Å². The van der Waals surface area contributed by atoms with Crippen LogP contribution in [0, 0.1) is 6.92 Å². The number of hydrogen-bond donors (Lipinski definition) is 1. The second kappa shape index (κ2) is 5.57. The van der Waals surface area contributed by atoms with Gasteiger partial charge in [0.15, 0.2) is 0 Å². The molecule has 1 aliphatic rings. The van der Waals surface area contributed by atoms with Crippen molar-refractivity contribution in [3.63, 3.8) is 0 Å². The standard InChI is InChI=1S/C14H20BN3O2S/c1-9-10(8-17-18-16)6-11(7-12(9)21)15-19-13(2,3)14(4,5)20-15/h6-7,21H,8H2,1-5H3. The topological polar surface area (TPSA) is 67.2 Å². The molecule has 7 heteroatoms. The Morgan fingerprint density at radius 1 is 1.24 bits per heavy atom. The molecular formula is C14H20BN3O2S. The van der Waals surface area contributed by atoms with Gasteiger partial charge in [-0.25, -0.2) is 0 Å². The van der Waals surface area contributed by atoms with E-state index in [2.05, 4.69) is 22.7 Å².